The van der Waals surface area contributed by atoms with E-state index in [9.17, 15) is 19.7 Å². The van der Waals surface area contributed by atoms with Crippen molar-refractivity contribution in [2.45, 2.75) is 6.92 Å². The maximum atomic E-state index is 12.5. The highest BCUT2D eigenvalue weighted by Crippen LogP contribution is 2.18. The fraction of sp³-hybridized carbons (Fsp3) is 0.222. The maximum Gasteiger partial charge on any atom is 0.326 e. The van der Waals surface area contributed by atoms with Gasteiger partial charge in [-0.2, -0.15) is 0 Å². The van der Waals surface area contributed by atoms with Crippen molar-refractivity contribution in [3.8, 4) is 5.75 Å². The van der Waals surface area contributed by atoms with E-state index >= 15 is 0 Å². The molecule has 0 aliphatic carbocycles. The Kier molecular flexibility index (Phi) is 6.67. The third-order valence-corrected chi connectivity index (χ3v) is 3.37. The van der Waals surface area contributed by atoms with Crippen molar-refractivity contribution >= 4 is 23.3 Å². The Morgan fingerprint density at radius 2 is 1.73 bits per heavy atom. The second-order valence-electron chi connectivity index (χ2n) is 5.16. The van der Waals surface area contributed by atoms with Crippen LogP contribution in [0.2, 0.25) is 0 Å². The lowest BCUT2D eigenvalue weighted by molar-refractivity contribution is -0.384. The molecule has 0 saturated carbocycles. The van der Waals surface area contributed by atoms with E-state index in [0.717, 1.165) is 0 Å². The molecule has 0 heterocycles. The second-order valence-corrected chi connectivity index (χ2v) is 5.16. The van der Waals surface area contributed by atoms with Crippen LogP contribution in [0.25, 0.3) is 0 Å². The zero-order valence-corrected chi connectivity index (χ0v) is 14.2. The summed E-state index contributed by atoms with van der Waals surface area (Å²) in [6.45, 7) is 1.34. The summed E-state index contributed by atoms with van der Waals surface area (Å²) in [7, 11) is 0. The minimum atomic E-state index is -0.528. The van der Waals surface area contributed by atoms with Crippen LogP contribution < -0.4 is 9.64 Å². The normalized spacial score (nSPS) is 10.0. The fourth-order valence-electron chi connectivity index (χ4n) is 2.15. The maximum absolute atomic E-state index is 12.5. The first-order valence-corrected chi connectivity index (χ1v) is 7.89. The third kappa shape index (κ3) is 5.30. The van der Waals surface area contributed by atoms with Gasteiger partial charge in [0.1, 0.15) is 12.3 Å². The molecule has 0 aliphatic heterocycles. The van der Waals surface area contributed by atoms with Gasteiger partial charge in [0.05, 0.1) is 11.5 Å². The zero-order chi connectivity index (χ0) is 18.9. The van der Waals surface area contributed by atoms with Crippen LogP contribution in [0.15, 0.2) is 54.6 Å². The number of nitro benzene ring substituents is 1. The predicted molar refractivity (Wildman–Crippen MR) is 94.0 cm³/mol. The van der Waals surface area contributed by atoms with Crippen LogP contribution in [0.5, 0.6) is 5.75 Å². The van der Waals surface area contributed by atoms with Crippen LogP contribution in [0.3, 0.4) is 0 Å². The van der Waals surface area contributed by atoms with Crippen molar-refractivity contribution in [2.24, 2.45) is 0 Å². The van der Waals surface area contributed by atoms with E-state index in [1.165, 1.54) is 29.2 Å². The lowest BCUT2D eigenvalue weighted by Crippen LogP contribution is -2.39. The summed E-state index contributed by atoms with van der Waals surface area (Å²) in [5.74, 6) is -0.657. The quantitative estimate of drug-likeness (QED) is 0.408. The Bertz CT molecular complexity index is 761. The molecule has 0 N–H and O–H groups in total. The number of hydrogen-bond acceptors (Lipinski definition) is 6. The Hall–Kier alpha value is -3.42. The molecule has 0 aliphatic rings. The highest BCUT2D eigenvalue weighted by molar-refractivity contribution is 5.98. The van der Waals surface area contributed by atoms with Crippen molar-refractivity contribution in [1.29, 1.82) is 0 Å². The Morgan fingerprint density at radius 1 is 1.08 bits per heavy atom. The van der Waals surface area contributed by atoms with E-state index in [1.54, 1.807) is 37.3 Å². The minimum absolute atomic E-state index is 0.0723. The number of ether oxygens (including phenoxy) is 2. The van der Waals surface area contributed by atoms with Gasteiger partial charge in [-0.25, -0.2) is 0 Å². The van der Waals surface area contributed by atoms with Gasteiger partial charge >= 0.3 is 5.97 Å². The van der Waals surface area contributed by atoms with Gasteiger partial charge in [-0.05, 0) is 31.2 Å². The van der Waals surface area contributed by atoms with Gasteiger partial charge in [0.25, 0.3) is 11.6 Å². The molecule has 8 heteroatoms. The van der Waals surface area contributed by atoms with Crippen molar-refractivity contribution < 1.29 is 24.0 Å². The molecule has 0 spiro atoms. The molecule has 8 nitrogen and oxygen atoms in total. The van der Waals surface area contributed by atoms with E-state index in [-0.39, 0.29) is 25.4 Å². The van der Waals surface area contributed by atoms with Gasteiger partial charge in [0, 0.05) is 17.8 Å². The van der Waals surface area contributed by atoms with Gasteiger partial charge < -0.3 is 9.47 Å². The molecule has 0 unspecified atom stereocenters. The number of hydrogen-bond donors (Lipinski definition) is 0. The number of para-hydroxylation sites is 1. The first-order valence-electron chi connectivity index (χ1n) is 7.89. The smallest absolute Gasteiger partial charge is 0.326 e. The van der Waals surface area contributed by atoms with Crippen LogP contribution in [-0.2, 0) is 14.3 Å². The Balaban J connectivity index is 2.05. The second kappa shape index (κ2) is 9.16. The molecule has 136 valence electrons. The number of nitro groups is 1. The lowest BCUT2D eigenvalue weighted by Gasteiger charge is -2.22. The van der Waals surface area contributed by atoms with Crippen molar-refractivity contribution in [1.82, 2.24) is 0 Å². The summed E-state index contributed by atoms with van der Waals surface area (Å²) in [6, 6.07) is 14.1. The third-order valence-electron chi connectivity index (χ3n) is 3.37. The fourth-order valence-corrected chi connectivity index (χ4v) is 2.15. The first-order chi connectivity index (χ1) is 12.5. The number of anilines is 1. The SMILES string of the molecule is CCOC(=O)CN(C(=O)COc1ccc([N+](=O)[O-])cc1)c1ccccc1. The van der Waals surface area contributed by atoms with Crippen LogP contribution in [0.4, 0.5) is 11.4 Å². The number of carbonyl (C=O) groups is 2. The van der Waals surface area contributed by atoms with Crippen molar-refractivity contribution in [2.75, 3.05) is 24.7 Å². The van der Waals surface area contributed by atoms with Crippen LogP contribution in [-0.4, -0.2) is 36.6 Å². The molecular formula is C18H18N2O6. The summed E-state index contributed by atoms with van der Waals surface area (Å²) in [6.07, 6.45) is 0. The Labute approximate surface area is 150 Å². The summed E-state index contributed by atoms with van der Waals surface area (Å²) < 4.78 is 10.3. The average molecular weight is 358 g/mol. The minimum Gasteiger partial charge on any atom is -0.484 e. The number of nitrogens with zero attached hydrogens (tertiary/aromatic N) is 2. The van der Waals surface area contributed by atoms with Gasteiger partial charge in [-0.3, -0.25) is 24.6 Å². The topological polar surface area (TPSA) is 99.0 Å². The molecule has 2 aromatic carbocycles. The van der Waals surface area contributed by atoms with Gasteiger partial charge in [0.2, 0.25) is 0 Å². The number of carbonyl (C=O) groups excluding carboxylic acids is 2. The highest BCUT2D eigenvalue weighted by Gasteiger charge is 2.20. The number of benzene rings is 2. The molecule has 1 amide bonds. The Morgan fingerprint density at radius 3 is 2.31 bits per heavy atom. The molecule has 2 aromatic rings. The standard InChI is InChI=1S/C18H18N2O6/c1-2-25-18(22)12-19(14-6-4-3-5-7-14)17(21)13-26-16-10-8-15(9-11-16)20(23)24/h3-11H,2,12-13H2,1H3. The predicted octanol–water partition coefficient (Wildman–Crippen LogP) is 2.57. The van der Waals surface area contributed by atoms with Gasteiger partial charge in [0.15, 0.2) is 6.61 Å². The number of esters is 1. The lowest BCUT2D eigenvalue weighted by atomic mass is 10.3. The number of non-ortho nitro benzene ring substituents is 1. The molecule has 0 bridgehead atoms. The van der Waals surface area contributed by atoms with Gasteiger partial charge in [-0.15, -0.1) is 0 Å². The van der Waals surface area contributed by atoms with E-state index in [0.29, 0.717) is 11.4 Å². The summed E-state index contributed by atoms with van der Waals surface area (Å²) in [5, 5.41) is 10.6. The van der Waals surface area contributed by atoms with E-state index < -0.39 is 16.8 Å². The molecule has 0 fully saturated rings. The van der Waals surface area contributed by atoms with E-state index in [1.807, 2.05) is 0 Å². The highest BCUT2D eigenvalue weighted by atomic mass is 16.6. The molecule has 0 radical (unpaired) electrons. The number of amides is 1. The van der Waals surface area contributed by atoms with Crippen molar-refractivity contribution in [3.05, 3.63) is 64.7 Å². The molecule has 0 saturated heterocycles. The summed E-state index contributed by atoms with van der Waals surface area (Å²) >= 11 is 0. The number of rotatable bonds is 8. The average Bonchev–Trinajstić information content (AvgIpc) is 2.65. The van der Waals surface area contributed by atoms with E-state index in [4.69, 9.17) is 9.47 Å². The monoisotopic (exact) mass is 358 g/mol. The van der Waals surface area contributed by atoms with Crippen LogP contribution in [0, 0.1) is 10.1 Å². The summed E-state index contributed by atoms with van der Waals surface area (Å²) in [5.41, 5.74) is 0.467. The summed E-state index contributed by atoms with van der Waals surface area (Å²) in [4.78, 5) is 35.7. The molecular weight excluding hydrogens is 340 g/mol. The molecule has 26 heavy (non-hydrogen) atoms. The van der Waals surface area contributed by atoms with E-state index in [2.05, 4.69) is 0 Å². The van der Waals surface area contributed by atoms with Crippen LogP contribution >= 0.6 is 0 Å². The molecule has 0 aromatic heterocycles. The molecule has 0 atom stereocenters. The van der Waals surface area contributed by atoms with Gasteiger partial charge in [-0.1, -0.05) is 18.2 Å². The zero-order valence-electron chi connectivity index (χ0n) is 14.2. The molecule has 2 rings (SSSR count). The largest absolute Gasteiger partial charge is 0.484 e. The van der Waals surface area contributed by atoms with Crippen molar-refractivity contribution in [3.63, 3.8) is 0 Å². The first kappa shape index (κ1) is 18.9. The van der Waals surface area contributed by atoms with Crippen LogP contribution in [0.1, 0.15) is 6.92 Å².